The molecule has 2 atom stereocenters. The van der Waals surface area contributed by atoms with Gasteiger partial charge in [-0.05, 0) is 37.1 Å². The van der Waals surface area contributed by atoms with Gasteiger partial charge >= 0.3 is 0 Å². The van der Waals surface area contributed by atoms with Crippen LogP contribution >= 0.6 is 0 Å². The third kappa shape index (κ3) is 4.58. The van der Waals surface area contributed by atoms with Crippen molar-refractivity contribution in [2.45, 2.75) is 36.4 Å². The number of para-hydroxylation sites is 1. The highest BCUT2D eigenvalue weighted by Crippen LogP contribution is 2.36. The Labute approximate surface area is 183 Å². The third-order valence-corrected chi connectivity index (χ3v) is 7.80. The van der Waals surface area contributed by atoms with Crippen molar-refractivity contribution in [1.29, 1.82) is 0 Å². The average Bonchev–Trinajstić information content (AvgIpc) is 2.99. The van der Waals surface area contributed by atoms with Gasteiger partial charge in [-0.2, -0.15) is 4.31 Å². The number of pyridine rings is 1. The van der Waals surface area contributed by atoms with Crippen LogP contribution in [0.4, 0.5) is 0 Å². The molecule has 1 aromatic carbocycles. The summed E-state index contributed by atoms with van der Waals surface area (Å²) >= 11 is 0. The zero-order valence-electron chi connectivity index (χ0n) is 17.8. The van der Waals surface area contributed by atoms with E-state index in [0.29, 0.717) is 31.7 Å². The van der Waals surface area contributed by atoms with E-state index in [-0.39, 0.29) is 23.5 Å². The van der Waals surface area contributed by atoms with Gasteiger partial charge in [0.15, 0.2) is 0 Å². The molecule has 0 bridgehead atoms. The molecule has 9 heteroatoms. The number of carbonyl (C=O) groups is 1. The van der Waals surface area contributed by atoms with Gasteiger partial charge in [0.2, 0.25) is 15.9 Å². The fourth-order valence-corrected chi connectivity index (χ4v) is 5.92. The van der Waals surface area contributed by atoms with Crippen LogP contribution in [0, 0.1) is 0 Å². The molecule has 166 valence electrons. The minimum absolute atomic E-state index is 0.125. The van der Waals surface area contributed by atoms with Crippen LogP contribution in [-0.2, 0) is 21.4 Å². The fraction of sp³-hybridized carbons (Fsp3) is 0.455. The monoisotopic (exact) mass is 444 g/mol. The van der Waals surface area contributed by atoms with Gasteiger partial charge in [-0.3, -0.25) is 14.7 Å². The maximum Gasteiger partial charge on any atom is 0.247 e. The molecule has 1 amide bonds. The predicted molar refractivity (Wildman–Crippen MR) is 116 cm³/mol. The standard InChI is InChI=1S/C22H28N4O4S/c1-24(2)22(27)16-26-18-10-13-25(15-17-7-5-6-12-23-17)14-11-19(18)30-20-8-3-4-9-21(20)31(26,28)29/h3-9,12,18-19H,10-11,13-16H2,1-2H3/t18-,19-/m1/s1. The highest BCUT2D eigenvalue weighted by Gasteiger charge is 2.44. The van der Waals surface area contributed by atoms with E-state index in [2.05, 4.69) is 9.88 Å². The van der Waals surface area contributed by atoms with E-state index in [1.54, 1.807) is 44.6 Å². The van der Waals surface area contributed by atoms with E-state index >= 15 is 0 Å². The summed E-state index contributed by atoms with van der Waals surface area (Å²) < 4.78 is 34.8. The lowest BCUT2D eigenvalue weighted by Gasteiger charge is -2.32. The summed E-state index contributed by atoms with van der Waals surface area (Å²) in [7, 11) is -0.610. The molecule has 8 nitrogen and oxygen atoms in total. The normalized spacial score (nSPS) is 23.5. The Morgan fingerprint density at radius 1 is 1.13 bits per heavy atom. The van der Waals surface area contributed by atoms with E-state index in [0.717, 1.165) is 12.2 Å². The lowest BCUT2D eigenvalue weighted by molar-refractivity contribution is -0.129. The van der Waals surface area contributed by atoms with Crippen molar-refractivity contribution in [3.63, 3.8) is 0 Å². The first-order valence-electron chi connectivity index (χ1n) is 10.5. The first-order valence-corrected chi connectivity index (χ1v) is 11.9. The molecule has 2 aromatic rings. The number of likely N-dealkylation sites (tertiary alicyclic amines) is 1. The van der Waals surface area contributed by atoms with E-state index in [1.807, 2.05) is 18.2 Å². The molecule has 2 aliphatic rings. The van der Waals surface area contributed by atoms with Gasteiger partial charge in [0.1, 0.15) is 16.7 Å². The Bertz CT molecular complexity index is 1030. The number of nitrogens with zero attached hydrogens (tertiary/aromatic N) is 4. The maximum absolute atomic E-state index is 13.6. The summed E-state index contributed by atoms with van der Waals surface area (Å²) in [4.78, 5) is 20.8. The average molecular weight is 445 g/mol. The Morgan fingerprint density at radius 3 is 2.61 bits per heavy atom. The van der Waals surface area contributed by atoms with Crippen molar-refractivity contribution < 1.29 is 17.9 Å². The second-order valence-corrected chi connectivity index (χ2v) is 10.0. The number of hydrogen-bond donors (Lipinski definition) is 0. The molecule has 0 N–H and O–H groups in total. The smallest absolute Gasteiger partial charge is 0.247 e. The van der Waals surface area contributed by atoms with E-state index in [4.69, 9.17) is 4.74 Å². The number of fused-ring (bicyclic) bond motifs is 2. The Balaban J connectivity index is 1.65. The molecule has 0 spiro atoms. The predicted octanol–water partition coefficient (Wildman–Crippen LogP) is 1.59. The number of hydrogen-bond acceptors (Lipinski definition) is 6. The SMILES string of the molecule is CN(C)C(=O)CN1[C@@H]2CCN(Cc3ccccn3)CC[C@H]2Oc2ccccc2S1(=O)=O. The van der Waals surface area contributed by atoms with Crippen molar-refractivity contribution in [1.82, 2.24) is 19.1 Å². The number of amides is 1. The topological polar surface area (TPSA) is 83.1 Å². The Hall–Kier alpha value is -2.49. The molecule has 0 aliphatic carbocycles. The molecule has 4 rings (SSSR count). The van der Waals surface area contributed by atoms with Crippen LogP contribution in [0.1, 0.15) is 18.5 Å². The number of likely N-dealkylation sites (N-methyl/N-ethyl adjacent to an activating group) is 1. The van der Waals surface area contributed by atoms with Crippen molar-refractivity contribution in [2.24, 2.45) is 0 Å². The largest absolute Gasteiger partial charge is 0.487 e. The van der Waals surface area contributed by atoms with Gasteiger partial charge in [-0.1, -0.05) is 18.2 Å². The number of sulfonamides is 1. The number of benzene rings is 1. The van der Waals surface area contributed by atoms with Gasteiger partial charge in [-0.25, -0.2) is 8.42 Å². The zero-order chi connectivity index (χ0) is 22.0. The van der Waals surface area contributed by atoms with Crippen LogP contribution in [-0.4, -0.2) is 79.3 Å². The fourth-order valence-electron chi connectivity index (χ4n) is 4.17. The molecule has 0 unspecified atom stereocenters. The van der Waals surface area contributed by atoms with Crippen molar-refractivity contribution >= 4 is 15.9 Å². The summed E-state index contributed by atoms with van der Waals surface area (Å²) in [6, 6.07) is 12.1. The summed E-state index contributed by atoms with van der Waals surface area (Å²) in [5.74, 6) is 0.103. The Morgan fingerprint density at radius 2 is 1.87 bits per heavy atom. The molecular formula is C22H28N4O4S. The summed E-state index contributed by atoms with van der Waals surface area (Å²) in [5.41, 5.74) is 0.975. The van der Waals surface area contributed by atoms with Crippen molar-refractivity contribution in [3.8, 4) is 5.75 Å². The zero-order valence-corrected chi connectivity index (χ0v) is 18.7. The molecular weight excluding hydrogens is 416 g/mol. The Kier molecular flexibility index (Phi) is 6.27. The molecule has 0 saturated carbocycles. The summed E-state index contributed by atoms with van der Waals surface area (Å²) in [6.45, 7) is 1.95. The minimum atomic E-state index is -3.88. The van der Waals surface area contributed by atoms with Gasteiger partial charge in [0, 0.05) is 39.9 Å². The summed E-state index contributed by atoms with van der Waals surface area (Å²) in [5, 5.41) is 0. The second kappa shape index (κ2) is 8.94. The van der Waals surface area contributed by atoms with Crippen molar-refractivity contribution in [3.05, 3.63) is 54.4 Å². The van der Waals surface area contributed by atoms with Gasteiger partial charge < -0.3 is 9.64 Å². The first kappa shape index (κ1) is 21.7. The molecule has 31 heavy (non-hydrogen) atoms. The van der Waals surface area contributed by atoms with E-state index < -0.39 is 16.1 Å². The number of aromatic nitrogens is 1. The van der Waals surface area contributed by atoms with Gasteiger partial charge in [-0.15, -0.1) is 0 Å². The third-order valence-electron chi connectivity index (χ3n) is 5.89. The highest BCUT2D eigenvalue weighted by molar-refractivity contribution is 7.89. The van der Waals surface area contributed by atoms with Crippen LogP contribution in [0.2, 0.25) is 0 Å². The van der Waals surface area contributed by atoms with Crippen LogP contribution in [0.3, 0.4) is 0 Å². The maximum atomic E-state index is 13.6. The molecule has 1 fully saturated rings. The molecule has 3 heterocycles. The molecule has 1 saturated heterocycles. The quantitative estimate of drug-likeness (QED) is 0.712. The van der Waals surface area contributed by atoms with Gasteiger partial charge in [0.25, 0.3) is 0 Å². The number of ether oxygens (including phenoxy) is 1. The van der Waals surface area contributed by atoms with E-state index in [1.165, 1.54) is 9.21 Å². The number of rotatable bonds is 4. The molecule has 1 aromatic heterocycles. The minimum Gasteiger partial charge on any atom is -0.487 e. The van der Waals surface area contributed by atoms with E-state index in [9.17, 15) is 13.2 Å². The second-order valence-electron chi connectivity index (χ2n) is 8.18. The van der Waals surface area contributed by atoms with Crippen LogP contribution in [0.25, 0.3) is 0 Å². The van der Waals surface area contributed by atoms with Gasteiger partial charge in [0.05, 0.1) is 18.3 Å². The number of carbonyl (C=O) groups excluding carboxylic acids is 1. The molecule has 2 aliphatic heterocycles. The highest BCUT2D eigenvalue weighted by atomic mass is 32.2. The lowest BCUT2D eigenvalue weighted by Crippen LogP contribution is -2.50. The molecule has 0 radical (unpaired) electrons. The van der Waals surface area contributed by atoms with Crippen LogP contribution < -0.4 is 4.74 Å². The first-order chi connectivity index (χ1) is 14.9. The van der Waals surface area contributed by atoms with Crippen molar-refractivity contribution in [2.75, 3.05) is 33.7 Å². The summed E-state index contributed by atoms with van der Waals surface area (Å²) in [6.07, 6.45) is 2.68. The van der Waals surface area contributed by atoms with Crippen LogP contribution in [0.5, 0.6) is 5.75 Å². The lowest BCUT2D eigenvalue weighted by atomic mass is 10.1. The van der Waals surface area contributed by atoms with Crippen LogP contribution in [0.15, 0.2) is 53.6 Å².